The number of nitrogens with zero attached hydrogens (tertiary/aromatic N) is 1. The number of benzene rings is 1. The minimum Gasteiger partial charge on any atom is -0.396 e. The summed E-state index contributed by atoms with van der Waals surface area (Å²) in [5, 5.41) is 9.11. The number of aliphatic hydroxyl groups excluding tert-OH is 1. The Balaban J connectivity index is 2.28. The van der Waals surface area contributed by atoms with E-state index in [0.717, 1.165) is 19.3 Å². The van der Waals surface area contributed by atoms with Gasteiger partial charge in [-0.25, -0.2) is 8.42 Å². The van der Waals surface area contributed by atoms with Crippen molar-refractivity contribution in [1.29, 1.82) is 0 Å². The van der Waals surface area contributed by atoms with E-state index in [1.165, 1.54) is 23.4 Å². The zero-order chi connectivity index (χ0) is 15.5. The number of sulfonamides is 1. The third-order valence-electron chi connectivity index (χ3n) is 3.90. The second kappa shape index (κ2) is 6.68. The second-order valence-electron chi connectivity index (χ2n) is 5.36. The molecule has 1 aliphatic heterocycles. The van der Waals surface area contributed by atoms with Crippen molar-refractivity contribution in [3.8, 4) is 0 Å². The molecule has 0 aromatic heterocycles. The highest BCUT2D eigenvalue weighted by molar-refractivity contribution is 7.89. The number of hydrogen-bond acceptors (Lipinski definition) is 4. The average molecular weight is 311 g/mol. The molecule has 1 N–H and O–H groups in total. The third-order valence-corrected chi connectivity index (χ3v) is 5.87. The van der Waals surface area contributed by atoms with E-state index < -0.39 is 10.0 Å². The van der Waals surface area contributed by atoms with Crippen LogP contribution in [-0.2, 0) is 10.0 Å². The Hall–Kier alpha value is -1.24. The Kier molecular flexibility index (Phi) is 5.13. The van der Waals surface area contributed by atoms with E-state index in [4.69, 9.17) is 5.11 Å². The molecule has 0 spiro atoms. The van der Waals surface area contributed by atoms with E-state index >= 15 is 0 Å². The van der Waals surface area contributed by atoms with Crippen LogP contribution in [0.25, 0.3) is 0 Å². The molecule has 1 aromatic rings. The lowest BCUT2D eigenvalue weighted by Crippen LogP contribution is -2.44. The van der Waals surface area contributed by atoms with Crippen LogP contribution in [0.3, 0.4) is 0 Å². The highest BCUT2D eigenvalue weighted by atomic mass is 32.2. The van der Waals surface area contributed by atoms with Gasteiger partial charge in [0.05, 0.1) is 4.90 Å². The fraction of sp³-hybridized carbons (Fsp3) is 0.533. The molecule has 0 unspecified atom stereocenters. The standard InChI is InChI=1S/C15H21NO4S/c1-12(18)13-5-7-15(8-6-13)21(19,20)16-10-3-2-4-14(16)9-11-17/h5-8,14,17H,2-4,9-11H2,1H3/t14-/m0/s1. The van der Waals surface area contributed by atoms with Crippen LogP contribution in [0.15, 0.2) is 29.2 Å². The van der Waals surface area contributed by atoms with Crippen LogP contribution >= 0.6 is 0 Å². The van der Waals surface area contributed by atoms with Crippen LogP contribution in [-0.4, -0.2) is 42.8 Å². The molecule has 1 aromatic carbocycles. The number of piperidine rings is 1. The summed E-state index contributed by atoms with van der Waals surface area (Å²) >= 11 is 0. The molecule has 0 radical (unpaired) electrons. The van der Waals surface area contributed by atoms with Crippen molar-refractivity contribution >= 4 is 15.8 Å². The van der Waals surface area contributed by atoms with Gasteiger partial charge in [-0.1, -0.05) is 18.6 Å². The molecule has 1 aliphatic rings. The van der Waals surface area contributed by atoms with Crippen molar-refractivity contribution in [2.24, 2.45) is 0 Å². The van der Waals surface area contributed by atoms with Crippen molar-refractivity contribution in [3.63, 3.8) is 0 Å². The molecule has 0 bridgehead atoms. The molecule has 1 atom stereocenters. The molecule has 2 rings (SSSR count). The number of carbonyl (C=O) groups excluding carboxylic acids is 1. The third kappa shape index (κ3) is 3.51. The normalized spacial score (nSPS) is 20.4. The second-order valence-corrected chi connectivity index (χ2v) is 7.25. The fourth-order valence-electron chi connectivity index (χ4n) is 2.72. The van der Waals surface area contributed by atoms with Crippen LogP contribution in [0.2, 0.25) is 0 Å². The first-order chi connectivity index (χ1) is 9.96. The van der Waals surface area contributed by atoms with Gasteiger partial charge in [-0.15, -0.1) is 0 Å². The summed E-state index contributed by atoms with van der Waals surface area (Å²) in [5.74, 6) is -0.0879. The molecule has 116 valence electrons. The average Bonchev–Trinajstić information content (AvgIpc) is 2.48. The molecular formula is C15H21NO4S. The largest absolute Gasteiger partial charge is 0.396 e. The van der Waals surface area contributed by atoms with E-state index in [0.29, 0.717) is 18.5 Å². The SMILES string of the molecule is CC(=O)c1ccc(S(=O)(=O)N2CCCC[C@H]2CCO)cc1. The maximum Gasteiger partial charge on any atom is 0.243 e. The summed E-state index contributed by atoms with van der Waals surface area (Å²) in [4.78, 5) is 11.5. The Labute approximate surface area is 125 Å². The quantitative estimate of drug-likeness (QED) is 0.842. The molecule has 1 saturated heterocycles. The van der Waals surface area contributed by atoms with Gasteiger partial charge in [-0.05, 0) is 38.3 Å². The van der Waals surface area contributed by atoms with Gasteiger partial charge in [0.2, 0.25) is 10.0 Å². The summed E-state index contributed by atoms with van der Waals surface area (Å²) in [6.45, 7) is 1.92. The van der Waals surface area contributed by atoms with E-state index in [2.05, 4.69) is 0 Å². The van der Waals surface area contributed by atoms with Gasteiger partial charge in [0.1, 0.15) is 0 Å². The minimum absolute atomic E-state index is 0.0139. The minimum atomic E-state index is -3.56. The van der Waals surface area contributed by atoms with Crippen molar-refractivity contribution in [3.05, 3.63) is 29.8 Å². The van der Waals surface area contributed by atoms with Crippen molar-refractivity contribution in [1.82, 2.24) is 4.31 Å². The highest BCUT2D eigenvalue weighted by Gasteiger charge is 2.32. The van der Waals surface area contributed by atoms with E-state index in [-0.39, 0.29) is 23.3 Å². The van der Waals surface area contributed by atoms with Gasteiger partial charge >= 0.3 is 0 Å². The highest BCUT2D eigenvalue weighted by Crippen LogP contribution is 2.27. The lowest BCUT2D eigenvalue weighted by Gasteiger charge is -2.34. The summed E-state index contributed by atoms with van der Waals surface area (Å²) in [6.07, 6.45) is 3.07. The summed E-state index contributed by atoms with van der Waals surface area (Å²) in [5.41, 5.74) is 0.500. The molecule has 0 aliphatic carbocycles. The van der Waals surface area contributed by atoms with Crippen LogP contribution < -0.4 is 0 Å². The Morgan fingerprint density at radius 3 is 2.52 bits per heavy atom. The van der Waals surface area contributed by atoms with Crippen molar-refractivity contribution < 1.29 is 18.3 Å². The van der Waals surface area contributed by atoms with E-state index in [9.17, 15) is 13.2 Å². The van der Waals surface area contributed by atoms with Gasteiger partial charge in [0, 0.05) is 24.8 Å². The maximum absolute atomic E-state index is 12.7. The number of ketones is 1. The van der Waals surface area contributed by atoms with Gasteiger partial charge in [0.25, 0.3) is 0 Å². The molecular weight excluding hydrogens is 290 g/mol. The molecule has 0 amide bonds. The van der Waals surface area contributed by atoms with E-state index in [1.54, 1.807) is 12.1 Å². The lowest BCUT2D eigenvalue weighted by atomic mass is 10.0. The van der Waals surface area contributed by atoms with Crippen LogP contribution in [0.5, 0.6) is 0 Å². The first-order valence-corrected chi connectivity index (χ1v) is 8.64. The summed E-state index contributed by atoms with van der Waals surface area (Å²) < 4.78 is 26.9. The molecule has 1 fully saturated rings. The van der Waals surface area contributed by atoms with Gasteiger partial charge in [0.15, 0.2) is 5.78 Å². The Morgan fingerprint density at radius 1 is 1.29 bits per heavy atom. The van der Waals surface area contributed by atoms with Gasteiger partial charge in [-0.3, -0.25) is 4.79 Å². The number of carbonyl (C=O) groups is 1. The number of aliphatic hydroxyl groups is 1. The molecule has 21 heavy (non-hydrogen) atoms. The Bertz CT molecular complexity index is 593. The van der Waals surface area contributed by atoms with Crippen molar-refractivity contribution in [2.45, 2.75) is 43.5 Å². The zero-order valence-corrected chi connectivity index (χ0v) is 13.0. The molecule has 0 saturated carbocycles. The number of rotatable bonds is 5. The molecule has 1 heterocycles. The number of Topliss-reactive ketones (excluding diaryl/α,β-unsaturated/α-hetero) is 1. The predicted molar refractivity (Wildman–Crippen MR) is 79.7 cm³/mol. The predicted octanol–water partition coefficient (Wildman–Crippen LogP) is 1.81. The summed E-state index contributed by atoms with van der Waals surface area (Å²) in [6, 6.07) is 5.91. The Morgan fingerprint density at radius 2 is 1.95 bits per heavy atom. The number of hydrogen-bond donors (Lipinski definition) is 1. The first kappa shape index (κ1) is 16.1. The monoisotopic (exact) mass is 311 g/mol. The molecule has 5 nitrogen and oxygen atoms in total. The van der Waals surface area contributed by atoms with Crippen LogP contribution in [0.1, 0.15) is 43.0 Å². The summed E-state index contributed by atoms with van der Waals surface area (Å²) in [7, 11) is -3.56. The van der Waals surface area contributed by atoms with Crippen LogP contribution in [0, 0.1) is 0 Å². The topological polar surface area (TPSA) is 74.7 Å². The smallest absolute Gasteiger partial charge is 0.243 e. The van der Waals surface area contributed by atoms with Crippen LogP contribution in [0.4, 0.5) is 0 Å². The maximum atomic E-state index is 12.7. The lowest BCUT2D eigenvalue weighted by molar-refractivity contribution is 0.101. The first-order valence-electron chi connectivity index (χ1n) is 7.20. The van der Waals surface area contributed by atoms with Gasteiger partial charge < -0.3 is 5.11 Å². The fourth-order valence-corrected chi connectivity index (χ4v) is 4.45. The van der Waals surface area contributed by atoms with Gasteiger partial charge in [-0.2, -0.15) is 4.31 Å². The zero-order valence-electron chi connectivity index (χ0n) is 12.2. The molecule has 6 heteroatoms. The van der Waals surface area contributed by atoms with E-state index in [1.807, 2.05) is 0 Å². The van der Waals surface area contributed by atoms with Crippen molar-refractivity contribution in [2.75, 3.05) is 13.2 Å².